The van der Waals surface area contributed by atoms with Gasteiger partial charge in [0.05, 0.1) is 17.7 Å². The van der Waals surface area contributed by atoms with E-state index in [2.05, 4.69) is 5.10 Å². The number of likely N-dealkylation sites (tertiary alicyclic amines) is 1. The minimum Gasteiger partial charge on any atom is -0.481 e. The molecule has 0 radical (unpaired) electrons. The second kappa shape index (κ2) is 6.36. The van der Waals surface area contributed by atoms with E-state index in [4.69, 9.17) is 9.47 Å². The first-order valence-corrected chi connectivity index (χ1v) is 8.43. The lowest BCUT2D eigenvalue weighted by Crippen LogP contribution is -2.45. The van der Waals surface area contributed by atoms with Crippen molar-refractivity contribution >= 4 is 11.9 Å². The third-order valence-electron chi connectivity index (χ3n) is 4.98. The summed E-state index contributed by atoms with van der Waals surface area (Å²) in [6, 6.07) is 6.71. The van der Waals surface area contributed by atoms with Crippen LogP contribution in [0.3, 0.4) is 0 Å². The molecule has 0 saturated carbocycles. The lowest BCUT2D eigenvalue weighted by atomic mass is 9.86. The van der Waals surface area contributed by atoms with E-state index in [1.807, 2.05) is 12.1 Å². The molecule has 136 valence electrons. The highest BCUT2D eigenvalue weighted by Crippen LogP contribution is 2.39. The Bertz CT molecular complexity index is 862. The fraction of sp³-hybridized carbons (Fsp3) is 0.389. The fourth-order valence-corrected chi connectivity index (χ4v) is 3.67. The number of nitrogens with zero attached hydrogens (tertiary/aromatic N) is 3. The minimum absolute atomic E-state index is 0.0635. The Morgan fingerprint density at radius 1 is 1.31 bits per heavy atom. The molecular weight excluding hydrogens is 338 g/mol. The van der Waals surface area contributed by atoms with Crippen LogP contribution in [0.5, 0.6) is 11.5 Å². The number of aliphatic carboxylic acids is 1. The smallest absolute Gasteiger partial charge is 0.309 e. The predicted molar refractivity (Wildman–Crippen MR) is 89.4 cm³/mol. The summed E-state index contributed by atoms with van der Waals surface area (Å²) >= 11 is 0. The maximum atomic E-state index is 12.7. The quantitative estimate of drug-likeness (QED) is 0.895. The zero-order chi connectivity index (χ0) is 18.3. The van der Waals surface area contributed by atoms with Crippen molar-refractivity contribution in [3.05, 3.63) is 41.7 Å². The van der Waals surface area contributed by atoms with E-state index in [0.717, 1.165) is 5.56 Å². The van der Waals surface area contributed by atoms with Crippen LogP contribution in [-0.2, 0) is 23.2 Å². The summed E-state index contributed by atoms with van der Waals surface area (Å²) in [5.41, 5.74) is 1.58. The van der Waals surface area contributed by atoms with Gasteiger partial charge in [-0.2, -0.15) is 5.10 Å². The number of piperidine rings is 1. The molecule has 1 N–H and O–H groups in total. The van der Waals surface area contributed by atoms with Crippen LogP contribution in [-0.4, -0.2) is 38.5 Å². The number of ether oxygens (including phenoxy) is 2. The predicted octanol–water partition coefficient (Wildman–Crippen LogP) is 1.71. The zero-order valence-electron chi connectivity index (χ0n) is 14.3. The molecule has 8 heteroatoms. The molecule has 0 unspecified atom stereocenters. The van der Waals surface area contributed by atoms with Crippen LogP contribution in [0.15, 0.2) is 30.5 Å². The largest absolute Gasteiger partial charge is 0.481 e. The molecular formula is C18H19N3O5. The topological polar surface area (TPSA) is 93.9 Å². The normalized spacial score (nSPS) is 21.9. The molecule has 0 spiro atoms. The molecule has 0 aliphatic carbocycles. The number of hydrogen-bond acceptors (Lipinski definition) is 5. The van der Waals surface area contributed by atoms with Crippen molar-refractivity contribution in [1.29, 1.82) is 0 Å². The van der Waals surface area contributed by atoms with Crippen LogP contribution < -0.4 is 9.47 Å². The van der Waals surface area contributed by atoms with Crippen LogP contribution in [0.2, 0.25) is 0 Å². The van der Waals surface area contributed by atoms with E-state index in [9.17, 15) is 14.7 Å². The van der Waals surface area contributed by atoms with Gasteiger partial charge in [0.2, 0.25) is 12.7 Å². The first-order chi connectivity index (χ1) is 12.5. The molecule has 1 amide bonds. The van der Waals surface area contributed by atoms with Gasteiger partial charge in [-0.3, -0.25) is 14.3 Å². The number of carboxylic acid groups (broad SMARTS) is 1. The summed E-state index contributed by atoms with van der Waals surface area (Å²) < 4.78 is 12.3. The first-order valence-electron chi connectivity index (χ1n) is 8.43. The number of amides is 1. The van der Waals surface area contributed by atoms with Crippen LogP contribution in [0, 0.1) is 5.92 Å². The molecule has 1 saturated heterocycles. The number of fused-ring (bicyclic) bond motifs is 1. The van der Waals surface area contributed by atoms with E-state index in [1.165, 1.54) is 0 Å². The Morgan fingerprint density at radius 3 is 2.85 bits per heavy atom. The van der Waals surface area contributed by atoms with Crippen molar-refractivity contribution in [2.24, 2.45) is 13.0 Å². The van der Waals surface area contributed by atoms with Crippen molar-refractivity contribution < 1.29 is 24.2 Å². The maximum absolute atomic E-state index is 12.7. The summed E-state index contributed by atoms with van der Waals surface area (Å²) in [5, 5.41) is 13.8. The number of hydrogen-bond donors (Lipinski definition) is 1. The van der Waals surface area contributed by atoms with Crippen molar-refractivity contribution in [2.75, 3.05) is 6.79 Å². The standard InChI is InChI=1S/C18H19N3O5/c1-20-13(6-7-19-20)17-12(18(23)24)3-5-16(22)21(17)9-11-2-4-14-15(8-11)26-10-25-14/h2,4,6-8,12,17H,3,5,9-10H2,1H3,(H,23,24)/t12-,17-/m0/s1. The number of rotatable bonds is 4. The second-order valence-electron chi connectivity index (χ2n) is 6.52. The number of carbonyl (C=O) groups excluding carboxylic acids is 1. The Balaban J connectivity index is 1.69. The Morgan fingerprint density at radius 2 is 2.12 bits per heavy atom. The molecule has 2 aliphatic rings. The molecule has 1 aromatic heterocycles. The van der Waals surface area contributed by atoms with Gasteiger partial charge in [-0.25, -0.2) is 0 Å². The van der Waals surface area contributed by atoms with Crippen molar-refractivity contribution in [1.82, 2.24) is 14.7 Å². The maximum Gasteiger partial charge on any atom is 0.309 e. The number of benzene rings is 1. The van der Waals surface area contributed by atoms with Gasteiger partial charge in [0, 0.05) is 26.2 Å². The van der Waals surface area contributed by atoms with Crippen LogP contribution in [0.1, 0.15) is 30.1 Å². The van der Waals surface area contributed by atoms with E-state index in [1.54, 1.807) is 35.0 Å². The third-order valence-corrected chi connectivity index (χ3v) is 4.98. The lowest BCUT2D eigenvalue weighted by molar-refractivity contribution is -0.152. The number of carbonyl (C=O) groups is 2. The molecule has 2 aromatic rings. The molecule has 4 rings (SSSR count). The number of aryl methyl sites for hydroxylation is 1. The molecule has 2 atom stereocenters. The average molecular weight is 357 g/mol. The minimum atomic E-state index is -0.903. The molecule has 26 heavy (non-hydrogen) atoms. The summed E-state index contributed by atoms with van der Waals surface area (Å²) in [5.74, 6) is -0.327. The first kappa shape index (κ1) is 16.4. The van der Waals surface area contributed by atoms with Gasteiger partial charge in [-0.15, -0.1) is 0 Å². The molecule has 1 aromatic carbocycles. The van der Waals surface area contributed by atoms with Gasteiger partial charge < -0.3 is 19.5 Å². The Hall–Kier alpha value is -3.03. The average Bonchev–Trinajstić information content (AvgIpc) is 3.24. The van der Waals surface area contributed by atoms with Gasteiger partial charge in [0.15, 0.2) is 11.5 Å². The second-order valence-corrected chi connectivity index (χ2v) is 6.52. The number of carboxylic acids is 1. The highest BCUT2D eigenvalue weighted by Gasteiger charge is 2.42. The molecule has 8 nitrogen and oxygen atoms in total. The monoisotopic (exact) mass is 357 g/mol. The SMILES string of the molecule is Cn1nccc1[C@@H]1[C@@H](C(=O)O)CCC(=O)N1Cc1ccc2c(c1)OCO2. The summed E-state index contributed by atoms with van der Waals surface area (Å²) in [6.45, 7) is 0.481. The Kier molecular flexibility index (Phi) is 4.02. The van der Waals surface area contributed by atoms with Crippen LogP contribution in [0.25, 0.3) is 0 Å². The van der Waals surface area contributed by atoms with Gasteiger partial charge >= 0.3 is 5.97 Å². The summed E-state index contributed by atoms with van der Waals surface area (Å²) in [7, 11) is 1.76. The fourth-order valence-electron chi connectivity index (χ4n) is 3.67. The van der Waals surface area contributed by atoms with Gasteiger partial charge in [0.1, 0.15) is 0 Å². The van der Waals surface area contributed by atoms with E-state index in [0.29, 0.717) is 30.2 Å². The zero-order valence-corrected chi connectivity index (χ0v) is 14.3. The van der Waals surface area contributed by atoms with Gasteiger partial charge in [0.25, 0.3) is 0 Å². The highest BCUT2D eigenvalue weighted by atomic mass is 16.7. The highest BCUT2D eigenvalue weighted by molar-refractivity contribution is 5.81. The van der Waals surface area contributed by atoms with Crippen LogP contribution >= 0.6 is 0 Å². The molecule has 2 aliphatic heterocycles. The molecule has 0 bridgehead atoms. The van der Waals surface area contributed by atoms with E-state index in [-0.39, 0.29) is 19.1 Å². The summed E-state index contributed by atoms with van der Waals surface area (Å²) in [6.07, 6.45) is 2.16. The van der Waals surface area contributed by atoms with Crippen molar-refractivity contribution in [3.8, 4) is 11.5 Å². The Labute approximate surface area is 149 Å². The van der Waals surface area contributed by atoms with Crippen molar-refractivity contribution in [2.45, 2.75) is 25.4 Å². The van der Waals surface area contributed by atoms with Gasteiger partial charge in [-0.1, -0.05) is 6.07 Å². The summed E-state index contributed by atoms with van der Waals surface area (Å²) in [4.78, 5) is 26.1. The van der Waals surface area contributed by atoms with E-state index >= 15 is 0 Å². The lowest BCUT2D eigenvalue weighted by Gasteiger charge is -2.39. The van der Waals surface area contributed by atoms with E-state index < -0.39 is 17.9 Å². The molecule has 3 heterocycles. The van der Waals surface area contributed by atoms with Crippen molar-refractivity contribution in [3.63, 3.8) is 0 Å². The van der Waals surface area contributed by atoms with Gasteiger partial charge in [-0.05, 0) is 30.2 Å². The number of aromatic nitrogens is 2. The van der Waals surface area contributed by atoms with Crippen LogP contribution in [0.4, 0.5) is 0 Å². The molecule has 1 fully saturated rings. The third kappa shape index (κ3) is 2.77.